The second-order valence-corrected chi connectivity index (χ2v) is 6.96. The first-order valence-corrected chi connectivity index (χ1v) is 8.72. The number of fused-ring (bicyclic) bond motifs is 1. The smallest absolute Gasteiger partial charge is 0.238 e. The molecular formula is C15H14N6O2S. The molecule has 0 aliphatic heterocycles. The lowest BCUT2D eigenvalue weighted by molar-refractivity contribution is 0.600. The van der Waals surface area contributed by atoms with Gasteiger partial charge in [0.25, 0.3) is 0 Å². The molecule has 0 spiro atoms. The predicted molar refractivity (Wildman–Crippen MR) is 88.3 cm³/mol. The van der Waals surface area contributed by atoms with Crippen molar-refractivity contribution in [2.75, 3.05) is 4.72 Å². The molecule has 0 saturated carbocycles. The molecule has 0 atom stereocenters. The van der Waals surface area contributed by atoms with Gasteiger partial charge in [-0.3, -0.25) is 9.40 Å². The van der Waals surface area contributed by atoms with E-state index in [1.165, 1.54) is 11.0 Å². The molecular weight excluding hydrogens is 328 g/mol. The van der Waals surface area contributed by atoms with Gasteiger partial charge in [-0.05, 0) is 11.1 Å². The van der Waals surface area contributed by atoms with Crippen LogP contribution in [0.25, 0.3) is 11.0 Å². The molecule has 3 aromatic rings. The zero-order valence-corrected chi connectivity index (χ0v) is 13.7. The summed E-state index contributed by atoms with van der Waals surface area (Å²) in [5, 5.41) is 12.7. The van der Waals surface area contributed by atoms with Crippen molar-refractivity contribution < 1.29 is 8.42 Å². The summed E-state index contributed by atoms with van der Waals surface area (Å²) in [6.07, 6.45) is 3.13. The molecule has 122 valence electrons. The summed E-state index contributed by atoms with van der Waals surface area (Å²) < 4.78 is 28.8. The van der Waals surface area contributed by atoms with E-state index in [1.807, 2.05) is 0 Å². The molecule has 0 fully saturated rings. The van der Waals surface area contributed by atoms with Crippen molar-refractivity contribution >= 4 is 26.9 Å². The summed E-state index contributed by atoms with van der Waals surface area (Å²) in [6, 6.07) is 8.95. The van der Waals surface area contributed by atoms with E-state index in [9.17, 15) is 8.42 Å². The number of rotatable bonds is 5. The normalized spacial score (nSPS) is 11.3. The number of aromatic nitrogens is 4. The van der Waals surface area contributed by atoms with Crippen molar-refractivity contribution in [3.8, 4) is 6.07 Å². The average molecular weight is 342 g/mol. The van der Waals surface area contributed by atoms with Crippen LogP contribution in [0.1, 0.15) is 11.1 Å². The van der Waals surface area contributed by atoms with Crippen molar-refractivity contribution in [1.29, 1.82) is 5.26 Å². The van der Waals surface area contributed by atoms with Crippen LogP contribution in [0.3, 0.4) is 0 Å². The van der Waals surface area contributed by atoms with Crippen molar-refractivity contribution in [2.24, 2.45) is 7.05 Å². The van der Waals surface area contributed by atoms with Gasteiger partial charge in [-0.25, -0.2) is 18.4 Å². The minimum atomic E-state index is -3.65. The van der Waals surface area contributed by atoms with Crippen LogP contribution in [-0.4, -0.2) is 28.2 Å². The van der Waals surface area contributed by atoms with Gasteiger partial charge in [0.15, 0.2) is 5.82 Å². The highest BCUT2D eigenvalue weighted by atomic mass is 32.2. The van der Waals surface area contributed by atoms with Crippen molar-refractivity contribution in [1.82, 2.24) is 19.7 Å². The highest BCUT2D eigenvalue weighted by Gasteiger charge is 2.16. The molecule has 0 radical (unpaired) electrons. The first-order valence-electron chi connectivity index (χ1n) is 7.06. The number of hydrogen-bond donors (Lipinski definition) is 1. The number of nitrogens with zero attached hydrogens (tertiary/aromatic N) is 5. The molecule has 2 aromatic heterocycles. The molecule has 8 nitrogen and oxygen atoms in total. The molecule has 2 heterocycles. The van der Waals surface area contributed by atoms with Crippen LogP contribution in [0.4, 0.5) is 5.82 Å². The van der Waals surface area contributed by atoms with E-state index < -0.39 is 10.0 Å². The third-order valence-corrected chi connectivity index (χ3v) is 4.66. The highest BCUT2D eigenvalue weighted by molar-refractivity contribution is 7.91. The standard InChI is InChI=1S/C15H14N6O2S/c1-21-14-13(8-19-21)17-10-18-15(14)20-24(22,23)9-12-4-2-11(3-5-12)6-7-16/h2-5,8,10H,6,9H2,1H3,(H,17,18,20). The Morgan fingerprint density at radius 2 is 1.92 bits per heavy atom. The Morgan fingerprint density at radius 3 is 2.62 bits per heavy atom. The van der Waals surface area contributed by atoms with Gasteiger partial charge in [0.2, 0.25) is 10.0 Å². The number of sulfonamides is 1. The zero-order valence-electron chi connectivity index (χ0n) is 12.8. The summed E-state index contributed by atoms with van der Waals surface area (Å²) in [5.74, 6) is 0.00418. The van der Waals surface area contributed by atoms with Crippen molar-refractivity contribution in [3.63, 3.8) is 0 Å². The summed E-state index contributed by atoms with van der Waals surface area (Å²) in [6.45, 7) is 0. The van der Waals surface area contributed by atoms with Gasteiger partial charge in [0.05, 0.1) is 24.4 Å². The van der Waals surface area contributed by atoms with Crippen molar-refractivity contribution in [3.05, 3.63) is 47.9 Å². The minimum absolute atomic E-state index is 0.191. The lowest BCUT2D eigenvalue weighted by Crippen LogP contribution is -2.17. The summed E-state index contributed by atoms with van der Waals surface area (Å²) >= 11 is 0. The maximum atomic E-state index is 12.4. The largest absolute Gasteiger partial charge is 0.265 e. The third kappa shape index (κ3) is 3.33. The molecule has 3 rings (SSSR count). The molecule has 0 amide bonds. The highest BCUT2D eigenvalue weighted by Crippen LogP contribution is 2.20. The fourth-order valence-corrected chi connectivity index (χ4v) is 3.47. The molecule has 1 N–H and O–H groups in total. The van der Waals surface area contributed by atoms with Gasteiger partial charge in [-0.2, -0.15) is 10.4 Å². The lowest BCUT2D eigenvalue weighted by Gasteiger charge is -2.09. The van der Waals surface area contributed by atoms with Gasteiger partial charge in [0, 0.05) is 7.05 Å². The lowest BCUT2D eigenvalue weighted by atomic mass is 10.1. The summed E-state index contributed by atoms with van der Waals surface area (Å²) in [7, 11) is -1.95. The second kappa shape index (κ2) is 6.25. The topological polar surface area (TPSA) is 114 Å². The van der Waals surface area contributed by atoms with E-state index >= 15 is 0 Å². The SMILES string of the molecule is Cn1ncc2ncnc(NS(=O)(=O)Cc3ccc(CC#N)cc3)c21. The first-order chi connectivity index (χ1) is 11.5. The number of nitrogens with one attached hydrogen (secondary N) is 1. The molecule has 0 aliphatic carbocycles. The van der Waals surface area contributed by atoms with E-state index in [1.54, 1.807) is 37.5 Å². The molecule has 0 unspecified atom stereocenters. The number of nitriles is 1. The second-order valence-electron chi connectivity index (χ2n) is 5.24. The van der Waals surface area contributed by atoms with Gasteiger partial charge in [0.1, 0.15) is 17.4 Å². The Kier molecular flexibility index (Phi) is 4.14. The van der Waals surface area contributed by atoms with Crippen LogP contribution in [0.5, 0.6) is 0 Å². The van der Waals surface area contributed by atoms with Gasteiger partial charge < -0.3 is 0 Å². The Bertz CT molecular complexity index is 1020. The Balaban J connectivity index is 1.83. The number of anilines is 1. The Labute approximate surface area is 138 Å². The number of aryl methyl sites for hydroxylation is 1. The van der Waals surface area contributed by atoms with E-state index in [2.05, 4.69) is 25.9 Å². The molecule has 24 heavy (non-hydrogen) atoms. The van der Waals surface area contributed by atoms with E-state index in [4.69, 9.17) is 5.26 Å². The van der Waals surface area contributed by atoms with E-state index in [-0.39, 0.29) is 11.6 Å². The summed E-state index contributed by atoms with van der Waals surface area (Å²) in [4.78, 5) is 8.06. The first kappa shape index (κ1) is 15.9. The van der Waals surface area contributed by atoms with Gasteiger partial charge in [-0.15, -0.1) is 0 Å². The van der Waals surface area contributed by atoms with Crippen LogP contribution in [-0.2, 0) is 29.2 Å². The fourth-order valence-electron chi connectivity index (χ4n) is 2.33. The van der Waals surface area contributed by atoms with Crippen LogP contribution in [0.15, 0.2) is 36.8 Å². The van der Waals surface area contributed by atoms with Crippen LogP contribution in [0, 0.1) is 11.3 Å². The van der Waals surface area contributed by atoms with E-state index in [0.717, 1.165) is 5.56 Å². The number of hydrogen-bond acceptors (Lipinski definition) is 6. The minimum Gasteiger partial charge on any atom is -0.265 e. The van der Waals surface area contributed by atoms with Crippen LogP contribution < -0.4 is 4.72 Å². The molecule has 0 aliphatic rings. The number of benzene rings is 1. The molecule has 0 bridgehead atoms. The van der Waals surface area contributed by atoms with Gasteiger partial charge in [-0.1, -0.05) is 24.3 Å². The summed E-state index contributed by atoms with van der Waals surface area (Å²) in [5.41, 5.74) is 2.55. The van der Waals surface area contributed by atoms with Gasteiger partial charge >= 0.3 is 0 Å². The monoisotopic (exact) mass is 342 g/mol. The molecule has 9 heteroatoms. The van der Waals surface area contributed by atoms with Crippen molar-refractivity contribution in [2.45, 2.75) is 12.2 Å². The average Bonchev–Trinajstić information content (AvgIpc) is 2.91. The zero-order chi connectivity index (χ0) is 17.2. The molecule has 1 aromatic carbocycles. The third-order valence-electron chi connectivity index (χ3n) is 3.44. The molecule has 0 saturated heterocycles. The maximum absolute atomic E-state index is 12.4. The predicted octanol–water partition coefficient (Wildman–Crippen LogP) is 1.37. The fraction of sp³-hybridized carbons (Fsp3) is 0.200. The quantitative estimate of drug-likeness (QED) is 0.749. The Morgan fingerprint density at radius 1 is 1.21 bits per heavy atom. The van der Waals surface area contributed by atoms with Crippen LogP contribution in [0.2, 0.25) is 0 Å². The maximum Gasteiger partial charge on any atom is 0.238 e. The van der Waals surface area contributed by atoms with Crippen LogP contribution >= 0.6 is 0 Å². The Hall–Kier alpha value is -2.99. The van der Waals surface area contributed by atoms with E-state index in [0.29, 0.717) is 23.0 Å².